The third-order valence-corrected chi connectivity index (χ3v) is 6.35. The molecule has 1 aliphatic rings. The van der Waals surface area contributed by atoms with Crippen molar-refractivity contribution in [1.29, 1.82) is 0 Å². The molecule has 1 aromatic heterocycles. The van der Waals surface area contributed by atoms with E-state index < -0.39 is 15.9 Å². The number of thiophene rings is 1. The van der Waals surface area contributed by atoms with Crippen molar-refractivity contribution in [1.82, 2.24) is 0 Å². The number of fused-ring (bicyclic) bond motifs is 2. The molecule has 26 heavy (non-hydrogen) atoms. The van der Waals surface area contributed by atoms with Gasteiger partial charge in [0.25, 0.3) is 5.91 Å². The number of ether oxygens (including phenoxy) is 2. The van der Waals surface area contributed by atoms with Crippen molar-refractivity contribution >= 4 is 54.6 Å². The molecule has 134 valence electrons. The Hall–Kier alpha value is -2.33. The summed E-state index contributed by atoms with van der Waals surface area (Å²) in [6, 6.07) is 9.07. The maximum absolute atomic E-state index is 12.5. The first kappa shape index (κ1) is 17.1. The van der Waals surface area contributed by atoms with Gasteiger partial charge in [-0.3, -0.25) is 4.79 Å². The van der Waals surface area contributed by atoms with Crippen LogP contribution in [0.3, 0.4) is 0 Å². The maximum Gasteiger partial charge on any atom is 0.267 e. The molecule has 4 rings (SSSR count). The van der Waals surface area contributed by atoms with Gasteiger partial charge in [-0.25, -0.2) is 13.6 Å². The molecule has 0 saturated heterocycles. The van der Waals surface area contributed by atoms with Crippen LogP contribution in [0.1, 0.15) is 9.67 Å². The second-order valence-electron chi connectivity index (χ2n) is 5.47. The van der Waals surface area contributed by atoms with Crippen molar-refractivity contribution in [2.75, 3.05) is 12.1 Å². The van der Waals surface area contributed by atoms with Gasteiger partial charge in [-0.05, 0) is 30.3 Å². The van der Waals surface area contributed by atoms with Crippen LogP contribution in [-0.2, 0) is 10.0 Å². The number of benzene rings is 2. The van der Waals surface area contributed by atoms with E-state index in [4.69, 9.17) is 26.2 Å². The molecule has 10 heteroatoms. The smallest absolute Gasteiger partial charge is 0.267 e. The van der Waals surface area contributed by atoms with E-state index in [0.717, 1.165) is 4.70 Å². The van der Waals surface area contributed by atoms with Gasteiger partial charge >= 0.3 is 0 Å². The van der Waals surface area contributed by atoms with Gasteiger partial charge in [0.05, 0.1) is 9.92 Å². The van der Waals surface area contributed by atoms with E-state index in [2.05, 4.69) is 5.32 Å². The zero-order valence-electron chi connectivity index (χ0n) is 13.0. The summed E-state index contributed by atoms with van der Waals surface area (Å²) in [4.78, 5) is 12.8. The monoisotopic (exact) mass is 410 g/mol. The predicted octanol–water partition coefficient (Wildman–Crippen LogP) is 3.18. The van der Waals surface area contributed by atoms with Crippen molar-refractivity contribution in [2.45, 2.75) is 4.90 Å². The Morgan fingerprint density at radius 3 is 2.46 bits per heavy atom. The van der Waals surface area contributed by atoms with E-state index in [0.29, 0.717) is 32.5 Å². The molecule has 3 aromatic rings. The minimum Gasteiger partial charge on any atom is -0.454 e. The molecular formula is C16H11ClN2O5S2. The number of rotatable bonds is 3. The summed E-state index contributed by atoms with van der Waals surface area (Å²) < 4.78 is 34.0. The average Bonchev–Trinajstić information content (AvgIpc) is 3.17. The van der Waals surface area contributed by atoms with E-state index in [-0.39, 0.29) is 11.7 Å². The second kappa shape index (κ2) is 6.13. The number of carbonyl (C=O) groups excluding carboxylic acids is 1. The predicted molar refractivity (Wildman–Crippen MR) is 98.7 cm³/mol. The number of sulfonamides is 1. The summed E-state index contributed by atoms with van der Waals surface area (Å²) in [6.45, 7) is 0.159. The summed E-state index contributed by atoms with van der Waals surface area (Å²) in [6.07, 6.45) is 0. The van der Waals surface area contributed by atoms with Gasteiger partial charge in [-0.1, -0.05) is 11.6 Å². The van der Waals surface area contributed by atoms with Gasteiger partial charge in [0.1, 0.15) is 4.88 Å². The number of nitrogens with two attached hydrogens (primary N) is 1. The summed E-state index contributed by atoms with van der Waals surface area (Å²) in [5.41, 5.74) is 0.421. The summed E-state index contributed by atoms with van der Waals surface area (Å²) >= 11 is 7.59. The van der Waals surface area contributed by atoms with Gasteiger partial charge in [0.15, 0.2) is 11.5 Å². The van der Waals surface area contributed by atoms with Gasteiger partial charge in [0, 0.05) is 21.8 Å². The highest BCUT2D eigenvalue weighted by atomic mass is 35.5. The third kappa shape index (κ3) is 2.99. The normalized spacial score (nSPS) is 13.2. The zero-order chi connectivity index (χ0) is 18.5. The first-order valence-electron chi connectivity index (χ1n) is 7.29. The number of hydrogen-bond acceptors (Lipinski definition) is 6. The lowest BCUT2D eigenvalue weighted by atomic mass is 10.2. The minimum atomic E-state index is -3.78. The first-order valence-corrected chi connectivity index (χ1v) is 10.0. The van der Waals surface area contributed by atoms with Crippen LogP contribution < -0.4 is 19.9 Å². The third-order valence-electron chi connectivity index (χ3n) is 3.77. The molecule has 0 spiro atoms. The van der Waals surface area contributed by atoms with E-state index in [1.165, 1.54) is 35.6 Å². The molecule has 7 nitrogen and oxygen atoms in total. The van der Waals surface area contributed by atoms with E-state index in [1.807, 2.05) is 0 Å². The zero-order valence-corrected chi connectivity index (χ0v) is 15.4. The van der Waals surface area contributed by atoms with E-state index >= 15 is 0 Å². The Kier molecular flexibility index (Phi) is 4.03. The molecule has 0 bridgehead atoms. The molecule has 0 atom stereocenters. The molecule has 3 N–H and O–H groups in total. The number of halogens is 1. The fourth-order valence-electron chi connectivity index (χ4n) is 2.52. The summed E-state index contributed by atoms with van der Waals surface area (Å²) in [5, 5.41) is 8.76. The SMILES string of the molecule is NS(=O)(=O)c1ccc(NC(=O)c2sc3cc4c(cc3c2Cl)OCO4)cc1. The highest BCUT2D eigenvalue weighted by molar-refractivity contribution is 7.89. The van der Waals surface area contributed by atoms with Crippen LogP contribution in [0.5, 0.6) is 11.5 Å². The lowest BCUT2D eigenvalue weighted by Crippen LogP contribution is -2.13. The molecule has 0 unspecified atom stereocenters. The Bertz CT molecular complexity index is 1140. The van der Waals surface area contributed by atoms with Gasteiger partial charge in [0.2, 0.25) is 16.8 Å². The fourth-order valence-corrected chi connectivity index (χ4v) is 4.45. The van der Waals surface area contributed by atoms with Gasteiger partial charge in [-0.15, -0.1) is 11.3 Å². The number of anilines is 1. The lowest BCUT2D eigenvalue weighted by Gasteiger charge is -2.05. The second-order valence-corrected chi connectivity index (χ2v) is 8.46. The highest BCUT2D eigenvalue weighted by Gasteiger charge is 2.22. The molecule has 0 aliphatic carbocycles. The number of primary sulfonamides is 1. The van der Waals surface area contributed by atoms with Crippen LogP contribution in [0.25, 0.3) is 10.1 Å². The maximum atomic E-state index is 12.5. The van der Waals surface area contributed by atoms with Crippen molar-refractivity contribution in [3.63, 3.8) is 0 Å². The molecule has 0 radical (unpaired) electrons. The van der Waals surface area contributed by atoms with E-state index in [1.54, 1.807) is 12.1 Å². The molecular weight excluding hydrogens is 400 g/mol. The Morgan fingerprint density at radius 2 is 1.81 bits per heavy atom. The van der Waals surface area contributed by atoms with Crippen LogP contribution >= 0.6 is 22.9 Å². The van der Waals surface area contributed by atoms with Crippen LogP contribution in [-0.4, -0.2) is 21.1 Å². The molecule has 0 fully saturated rings. The number of carbonyl (C=O) groups is 1. The molecule has 1 amide bonds. The number of amides is 1. The Labute approximate surface area is 157 Å². The standard InChI is InChI=1S/C16H11ClN2O5S2/c17-14-10-5-11-12(24-7-23-11)6-13(10)25-15(14)16(20)19-8-1-3-9(4-2-8)26(18,21)22/h1-6H,7H2,(H,19,20)(H2,18,21,22). The fraction of sp³-hybridized carbons (Fsp3) is 0.0625. The van der Waals surface area contributed by atoms with Crippen molar-refractivity contribution in [2.24, 2.45) is 5.14 Å². The van der Waals surface area contributed by atoms with Crippen LogP contribution in [0.4, 0.5) is 5.69 Å². The lowest BCUT2D eigenvalue weighted by molar-refractivity contribution is 0.103. The molecule has 1 aliphatic heterocycles. The number of nitrogens with one attached hydrogen (secondary N) is 1. The quantitative estimate of drug-likeness (QED) is 0.689. The molecule has 2 aromatic carbocycles. The summed E-state index contributed by atoms with van der Waals surface area (Å²) in [7, 11) is -3.78. The van der Waals surface area contributed by atoms with Crippen molar-refractivity contribution < 1.29 is 22.7 Å². The molecule has 2 heterocycles. The number of hydrogen-bond donors (Lipinski definition) is 2. The topological polar surface area (TPSA) is 108 Å². The largest absolute Gasteiger partial charge is 0.454 e. The van der Waals surface area contributed by atoms with E-state index in [9.17, 15) is 13.2 Å². The van der Waals surface area contributed by atoms with Crippen molar-refractivity contribution in [3.8, 4) is 11.5 Å². The Morgan fingerprint density at radius 1 is 1.15 bits per heavy atom. The van der Waals surface area contributed by atoms with Crippen LogP contribution in [0.2, 0.25) is 5.02 Å². The minimum absolute atomic E-state index is 0.0371. The van der Waals surface area contributed by atoms with Crippen LogP contribution in [0, 0.1) is 0 Å². The summed E-state index contributed by atoms with van der Waals surface area (Å²) in [5.74, 6) is 0.797. The molecule has 0 saturated carbocycles. The van der Waals surface area contributed by atoms with Gasteiger partial charge < -0.3 is 14.8 Å². The average molecular weight is 411 g/mol. The van der Waals surface area contributed by atoms with Crippen LogP contribution in [0.15, 0.2) is 41.3 Å². The highest BCUT2D eigenvalue weighted by Crippen LogP contribution is 2.43. The van der Waals surface area contributed by atoms with Gasteiger partial charge in [-0.2, -0.15) is 0 Å². The first-order chi connectivity index (χ1) is 12.3. The van der Waals surface area contributed by atoms with Crippen molar-refractivity contribution in [3.05, 3.63) is 46.3 Å². The Balaban J connectivity index is 1.63.